The molecule has 0 aliphatic heterocycles. The van der Waals surface area contributed by atoms with Crippen molar-refractivity contribution in [2.75, 3.05) is 0 Å². The van der Waals surface area contributed by atoms with Crippen LogP contribution in [-0.4, -0.2) is 8.80 Å². The van der Waals surface area contributed by atoms with Crippen LogP contribution >= 0.6 is 11.6 Å². The quantitative estimate of drug-likeness (QED) is 0.585. The molecule has 0 amide bonds. The molecule has 17 heavy (non-hydrogen) atoms. The standard InChI is InChI=1S/C15H15ClSi/c1-17(2)14-8-7-12-11-6-4-3-5-10(11)9-13(12)15(14)16/h3-8,17H,9H2,1-2H3. The molecule has 0 unspecified atom stereocenters. The smallest absolute Gasteiger partial charge is 0.0667 e. The molecule has 2 aromatic carbocycles. The van der Waals surface area contributed by atoms with Gasteiger partial charge < -0.3 is 0 Å². The minimum atomic E-state index is -0.832. The van der Waals surface area contributed by atoms with Gasteiger partial charge in [-0.1, -0.05) is 61.1 Å². The second-order valence-corrected chi connectivity index (χ2v) is 8.29. The molecule has 1 aliphatic carbocycles. The van der Waals surface area contributed by atoms with Crippen LogP contribution in [0.4, 0.5) is 0 Å². The Labute approximate surface area is 109 Å². The van der Waals surface area contributed by atoms with Crippen molar-refractivity contribution in [3.63, 3.8) is 0 Å². The van der Waals surface area contributed by atoms with E-state index in [-0.39, 0.29) is 0 Å². The van der Waals surface area contributed by atoms with Gasteiger partial charge in [-0.3, -0.25) is 0 Å². The predicted molar refractivity (Wildman–Crippen MR) is 78.2 cm³/mol. The molecule has 1 aliphatic rings. The maximum absolute atomic E-state index is 6.57. The van der Waals surface area contributed by atoms with Crippen LogP contribution in [0.5, 0.6) is 0 Å². The van der Waals surface area contributed by atoms with E-state index >= 15 is 0 Å². The number of rotatable bonds is 1. The number of halogens is 1. The first-order valence-electron chi connectivity index (χ1n) is 6.08. The summed E-state index contributed by atoms with van der Waals surface area (Å²) < 4.78 is 0. The Kier molecular flexibility index (Phi) is 2.61. The van der Waals surface area contributed by atoms with Crippen molar-refractivity contribution in [1.29, 1.82) is 0 Å². The summed E-state index contributed by atoms with van der Waals surface area (Å²) in [7, 11) is -0.832. The third-order valence-electron chi connectivity index (χ3n) is 3.57. The average molecular weight is 259 g/mol. The number of hydrogen-bond donors (Lipinski definition) is 0. The lowest BCUT2D eigenvalue weighted by atomic mass is 10.1. The van der Waals surface area contributed by atoms with Gasteiger partial charge in [0.1, 0.15) is 0 Å². The molecule has 0 fully saturated rings. The average Bonchev–Trinajstić information content (AvgIpc) is 2.69. The summed E-state index contributed by atoms with van der Waals surface area (Å²) in [5.41, 5.74) is 5.45. The largest absolute Gasteiger partial charge is 0.0841 e. The maximum atomic E-state index is 6.57. The molecule has 0 saturated carbocycles. The van der Waals surface area contributed by atoms with E-state index in [2.05, 4.69) is 49.5 Å². The summed E-state index contributed by atoms with van der Waals surface area (Å²) in [6, 6.07) is 13.1. The number of fused-ring (bicyclic) bond motifs is 3. The lowest BCUT2D eigenvalue weighted by Gasteiger charge is -2.11. The van der Waals surface area contributed by atoms with Crippen LogP contribution in [0.3, 0.4) is 0 Å². The van der Waals surface area contributed by atoms with Gasteiger partial charge in [0.15, 0.2) is 0 Å². The SMILES string of the molecule is C[SiH](C)c1ccc2c(c1Cl)Cc1ccccc1-2. The molecule has 0 N–H and O–H groups in total. The third kappa shape index (κ3) is 1.65. The fraction of sp³-hybridized carbons (Fsp3) is 0.200. The zero-order valence-electron chi connectivity index (χ0n) is 10.1. The van der Waals surface area contributed by atoms with Crippen LogP contribution in [0.25, 0.3) is 11.1 Å². The third-order valence-corrected chi connectivity index (χ3v) is 5.92. The Morgan fingerprint density at radius 1 is 1.00 bits per heavy atom. The highest BCUT2D eigenvalue weighted by atomic mass is 35.5. The first kappa shape index (κ1) is 11.1. The summed E-state index contributed by atoms with van der Waals surface area (Å²) in [6.07, 6.45) is 0.999. The molecule has 0 spiro atoms. The van der Waals surface area contributed by atoms with Gasteiger partial charge in [0.2, 0.25) is 0 Å². The summed E-state index contributed by atoms with van der Waals surface area (Å²) in [6.45, 7) is 4.66. The minimum absolute atomic E-state index is 0.832. The molecule has 0 atom stereocenters. The van der Waals surface area contributed by atoms with Crippen molar-refractivity contribution in [2.45, 2.75) is 19.5 Å². The molecule has 86 valence electrons. The Hall–Kier alpha value is -1.05. The summed E-state index contributed by atoms with van der Waals surface area (Å²) in [4.78, 5) is 0. The molecule has 0 aromatic heterocycles. The van der Waals surface area contributed by atoms with Crippen LogP contribution in [0.2, 0.25) is 18.1 Å². The second kappa shape index (κ2) is 4.00. The van der Waals surface area contributed by atoms with Gasteiger partial charge in [0, 0.05) is 11.4 Å². The van der Waals surface area contributed by atoms with Gasteiger partial charge in [-0.2, -0.15) is 0 Å². The Morgan fingerprint density at radius 3 is 2.53 bits per heavy atom. The fourth-order valence-corrected chi connectivity index (χ4v) is 4.69. The molecule has 0 radical (unpaired) electrons. The highest BCUT2D eigenvalue weighted by Gasteiger charge is 2.22. The van der Waals surface area contributed by atoms with Crippen molar-refractivity contribution >= 4 is 25.6 Å². The molecule has 3 rings (SSSR count). The zero-order valence-corrected chi connectivity index (χ0v) is 12.0. The highest BCUT2D eigenvalue weighted by Crippen LogP contribution is 2.39. The second-order valence-electron chi connectivity index (χ2n) is 4.98. The topological polar surface area (TPSA) is 0 Å². The van der Waals surface area contributed by atoms with Crippen molar-refractivity contribution < 1.29 is 0 Å². The first-order valence-corrected chi connectivity index (χ1v) is 9.34. The van der Waals surface area contributed by atoms with E-state index < -0.39 is 8.80 Å². The van der Waals surface area contributed by atoms with Crippen LogP contribution < -0.4 is 5.19 Å². The fourth-order valence-electron chi connectivity index (χ4n) is 2.64. The number of hydrogen-bond acceptors (Lipinski definition) is 0. The Bertz CT molecular complexity index is 587. The predicted octanol–water partition coefficient (Wildman–Crippen LogP) is 3.60. The van der Waals surface area contributed by atoms with E-state index in [0.29, 0.717) is 0 Å². The van der Waals surface area contributed by atoms with Crippen LogP contribution in [0.15, 0.2) is 36.4 Å². The molecule has 2 aromatic rings. The van der Waals surface area contributed by atoms with E-state index in [4.69, 9.17) is 11.6 Å². The normalized spacial score (nSPS) is 12.7. The van der Waals surface area contributed by atoms with E-state index in [9.17, 15) is 0 Å². The molecule has 0 bridgehead atoms. The highest BCUT2D eigenvalue weighted by molar-refractivity contribution is 6.73. The van der Waals surface area contributed by atoms with E-state index in [1.54, 1.807) is 0 Å². The molecule has 0 saturated heterocycles. The van der Waals surface area contributed by atoms with Crippen LogP contribution in [-0.2, 0) is 6.42 Å². The van der Waals surface area contributed by atoms with Gasteiger partial charge in [0.25, 0.3) is 0 Å². The monoisotopic (exact) mass is 258 g/mol. The number of benzene rings is 2. The van der Waals surface area contributed by atoms with Crippen molar-refractivity contribution in [3.8, 4) is 11.1 Å². The van der Waals surface area contributed by atoms with Gasteiger partial charge in [-0.05, 0) is 27.4 Å². The molecular weight excluding hydrogens is 244 g/mol. The maximum Gasteiger partial charge on any atom is 0.0667 e. The summed E-state index contributed by atoms with van der Waals surface area (Å²) >= 11 is 6.57. The van der Waals surface area contributed by atoms with Crippen molar-refractivity contribution in [1.82, 2.24) is 0 Å². The van der Waals surface area contributed by atoms with E-state index in [1.165, 1.54) is 27.4 Å². The Balaban J connectivity index is 2.22. The van der Waals surface area contributed by atoms with E-state index in [0.717, 1.165) is 11.4 Å². The summed E-state index contributed by atoms with van der Waals surface area (Å²) in [5, 5.41) is 2.43. The molecule has 2 heteroatoms. The van der Waals surface area contributed by atoms with Gasteiger partial charge in [0.05, 0.1) is 8.80 Å². The molecular formula is C15H15ClSi. The first-order chi connectivity index (χ1) is 8.18. The lowest BCUT2D eigenvalue weighted by molar-refractivity contribution is 1.27. The molecule has 0 nitrogen and oxygen atoms in total. The zero-order chi connectivity index (χ0) is 12.0. The van der Waals surface area contributed by atoms with Crippen molar-refractivity contribution in [3.05, 3.63) is 52.5 Å². The lowest BCUT2D eigenvalue weighted by Crippen LogP contribution is -2.24. The minimum Gasteiger partial charge on any atom is -0.0841 e. The van der Waals surface area contributed by atoms with Crippen LogP contribution in [0, 0.1) is 0 Å². The van der Waals surface area contributed by atoms with Crippen molar-refractivity contribution in [2.24, 2.45) is 0 Å². The summed E-state index contributed by atoms with van der Waals surface area (Å²) in [5.74, 6) is 0. The van der Waals surface area contributed by atoms with Gasteiger partial charge in [-0.25, -0.2) is 0 Å². The van der Waals surface area contributed by atoms with E-state index in [1.807, 2.05) is 0 Å². The Morgan fingerprint density at radius 2 is 1.76 bits per heavy atom. The molecule has 0 heterocycles. The van der Waals surface area contributed by atoms with Gasteiger partial charge in [-0.15, -0.1) is 0 Å². The van der Waals surface area contributed by atoms with Crippen LogP contribution in [0.1, 0.15) is 11.1 Å². The van der Waals surface area contributed by atoms with Gasteiger partial charge >= 0.3 is 0 Å².